The first kappa shape index (κ1) is 18.6. The van der Waals surface area contributed by atoms with Crippen molar-refractivity contribution >= 4 is 28.5 Å². The lowest BCUT2D eigenvalue weighted by molar-refractivity contribution is -0.120. The molecule has 0 saturated heterocycles. The molecule has 0 aliphatic rings. The van der Waals surface area contributed by atoms with E-state index < -0.39 is 11.4 Å². The quantitative estimate of drug-likeness (QED) is 0.656. The highest BCUT2D eigenvalue weighted by Gasteiger charge is 2.33. The standard InChI is InChI=1S/C21H21FN2O3/c1-4-27-19(25)15-7-5-6-8-17(15)24-20(26)21(2,3)16-12-23-18-11-13(22)9-10-14(16)18/h5-12,23H,4H2,1-3H3,(H,24,26). The van der Waals surface area contributed by atoms with Crippen molar-refractivity contribution in [2.24, 2.45) is 0 Å². The normalized spacial score (nSPS) is 11.4. The van der Waals surface area contributed by atoms with Crippen molar-refractivity contribution in [2.75, 3.05) is 11.9 Å². The van der Waals surface area contributed by atoms with E-state index in [0.29, 0.717) is 16.8 Å². The van der Waals surface area contributed by atoms with E-state index in [1.54, 1.807) is 57.3 Å². The van der Waals surface area contributed by atoms with E-state index in [1.807, 2.05) is 0 Å². The van der Waals surface area contributed by atoms with Crippen molar-refractivity contribution in [3.8, 4) is 0 Å². The van der Waals surface area contributed by atoms with Crippen LogP contribution in [0.4, 0.5) is 10.1 Å². The molecule has 0 atom stereocenters. The Kier molecular flexibility index (Phi) is 4.99. The second-order valence-electron chi connectivity index (χ2n) is 6.74. The number of rotatable bonds is 5. The van der Waals surface area contributed by atoms with Gasteiger partial charge in [0.1, 0.15) is 5.82 Å². The molecule has 0 spiro atoms. The molecule has 2 aromatic carbocycles. The van der Waals surface area contributed by atoms with Gasteiger partial charge < -0.3 is 15.0 Å². The number of para-hydroxylation sites is 1. The number of hydrogen-bond acceptors (Lipinski definition) is 3. The van der Waals surface area contributed by atoms with Gasteiger partial charge >= 0.3 is 5.97 Å². The molecule has 0 radical (unpaired) electrons. The van der Waals surface area contributed by atoms with Crippen molar-refractivity contribution in [1.29, 1.82) is 0 Å². The highest BCUT2D eigenvalue weighted by molar-refractivity contribution is 6.06. The number of nitrogens with one attached hydrogen (secondary N) is 2. The van der Waals surface area contributed by atoms with Gasteiger partial charge in [0.15, 0.2) is 0 Å². The van der Waals surface area contributed by atoms with Crippen LogP contribution in [0.15, 0.2) is 48.7 Å². The topological polar surface area (TPSA) is 71.2 Å². The average Bonchev–Trinajstić information content (AvgIpc) is 3.06. The Morgan fingerprint density at radius 3 is 2.67 bits per heavy atom. The van der Waals surface area contributed by atoms with E-state index in [2.05, 4.69) is 10.3 Å². The lowest BCUT2D eigenvalue weighted by atomic mass is 9.83. The molecular weight excluding hydrogens is 347 g/mol. The van der Waals surface area contributed by atoms with Gasteiger partial charge in [-0.3, -0.25) is 4.79 Å². The van der Waals surface area contributed by atoms with Gasteiger partial charge in [-0.25, -0.2) is 9.18 Å². The molecular formula is C21H21FN2O3. The number of hydrogen-bond donors (Lipinski definition) is 2. The van der Waals surface area contributed by atoms with Gasteiger partial charge in [0.2, 0.25) is 5.91 Å². The highest BCUT2D eigenvalue weighted by atomic mass is 19.1. The summed E-state index contributed by atoms with van der Waals surface area (Å²) in [6, 6.07) is 11.1. The Balaban J connectivity index is 1.92. The van der Waals surface area contributed by atoms with Crippen molar-refractivity contribution < 1.29 is 18.7 Å². The Morgan fingerprint density at radius 1 is 1.19 bits per heavy atom. The number of aromatic amines is 1. The Hall–Kier alpha value is -3.15. The van der Waals surface area contributed by atoms with Crippen LogP contribution in [0.1, 0.15) is 36.7 Å². The largest absolute Gasteiger partial charge is 0.462 e. The highest BCUT2D eigenvalue weighted by Crippen LogP contribution is 2.32. The molecule has 140 valence electrons. The molecule has 2 N–H and O–H groups in total. The summed E-state index contributed by atoms with van der Waals surface area (Å²) in [4.78, 5) is 28.1. The van der Waals surface area contributed by atoms with E-state index in [0.717, 1.165) is 10.9 Å². The van der Waals surface area contributed by atoms with Gasteiger partial charge in [-0.05, 0) is 56.7 Å². The van der Waals surface area contributed by atoms with E-state index in [4.69, 9.17) is 4.74 Å². The number of anilines is 1. The summed E-state index contributed by atoms with van der Waals surface area (Å²) in [6.07, 6.45) is 1.71. The summed E-state index contributed by atoms with van der Waals surface area (Å²) in [5.74, 6) is -1.13. The minimum absolute atomic E-state index is 0.249. The van der Waals surface area contributed by atoms with Crippen LogP contribution in [-0.4, -0.2) is 23.5 Å². The number of fused-ring (bicyclic) bond motifs is 1. The van der Waals surface area contributed by atoms with Gasteiger partial charge in [-0.15, -0.1) is 0 Å². The number of amides is 1. The Morgan fingerprint density at radius 2 is 1.93 bits per heavy atom. The van der Waals surface area contributed by atoms with Crippen molar-refractivity contribution in [1.82, 2.24) is 4.98 Å². The van der Waals surface area contributed by atoms with E-state index in [1.165, 1.54) is 12.1 Å². The van der Waals surface area contributed by atoms with E-state index in [-0.39, 0.29) is 18.3 Å². The van der Waals surface area contributed by atoms with Gasteiger partial charge in [-0.1, -0.05) is 12.1 Å². The van der Waals surface area contributed by atoms with Crippen molar-refractivity contribution in [2.45, 2.75) is 26.2 Å². The zero-order valence-electron chi connectivity index (χ0n) is 15.4. The maximum absolute atomic E-state index is 13.4. The minimum atomic E-state index is -0.919. The monoisotopic (exact) mass is 368 g/mol. The lowest BCUT2D eigenvalue weighted by Crippen LogP contribution is -2.35. The SMILES string of the molecule is CCOC(=O)c1ccccc1NC(=O)C(C)(C)c1c[nH]c2cc(F)ccc12. The molecule has 6 heteroatoms. The minimum Gasteiger partial charge on any atom is -0.462 e. The second-order valence-corrected chi connectivity index (χ2v) is 6.74. The first-order valence-corrected chi connectivity index (χ1v) is 8.69. The van der Waals surface area contributed by atoms with Crippen LogP contribution in [0.2, 0.25) is 0 Å². The first-order chi connectivity index (χ1) is 12.8. The fraction of sp³-hybridized carbons (Fsp3) is 0.238. The maximum atomic E-state index is 13.4. The third-order valence-electron chi connectivity index (χ3n) is 4.56. The molecule has 0 bridgehead atoms. The van der Waals surface area contributed by atoms with Crippen LogP contribution in [0.3, 0.4) is 0 Å². The predicted octanol–water partition coefficient (Wildman–Crippen LogP) is 4.40. The number of carbonyl (C=O) groups is 2. The summed E-state index contributed by atoms with van der Waals surface area (Å²) < 4.78 is 18.5. The van der Waals surface area contributed by atoms with Gasteiger partial charge in [0.05, 0.1) is 23.3 Å². The number of carbonyl (C=O) groups excluding carboxylic acids is 2. The third-order valence-corrected chi connectivity index (χ3v) is 4.56. The Bertz CT molecular complexity index is 1010. The molecule has 27 heavy (non-hydrogen) atoms. The lowest BCUT2D eigenvalue weighted by Gasteiger charge is -2.24. The van der Waals surface area contributed by atoms with Crippen LogP contribution in [0.5, 0.6) is 0 Å². The molecule has 0 unspecified atom stereocenters. The molecule has 0 aliphatic heterocycles. The summed E-state index contributed by atoms with van der Waals surface area (Å²) in [5, 5.41) is 3.60. The summed E-state index contributed by atoms with van der Waals surface area (Å²) in [6.45, 7) is 5.53. The number of aromatic nitrogens is 1. The number of ether oxygens (including phenoxy) is 1. The molecule has 1 heterocycles. The molecule has 5 nitrogen and oxygen atoms in total. The zero-order valence-corrected chi connectivity index (χ0v) is 15.4. The van der Waals surface area contributed by atoms with Crippen LogP contribution in [0, 0.1) is 5.82 Å². The number of esters is 1. The zero-order chi connectivity index (χ0) is 19.6. The third kappa shape index (κ3) is 3.56. The van der Waals surface area contributed by atoms with E-state index >= 15 is 0 Å². The van der Waals surface area contributed by atoms with Gasteiger partial charge in [0.25, 0.3) is 0 Å². The smallest absolute Gasteiger partial charge is 0.340 e. The molecule has 1 aromatic heterocycles. The molecule has 0 saturated carbocycles. The first-order valence-electron chi connectivity index (χ1n) is 8.69. The predicted molar refractivity (Wildman–Crippen MR) is 102 cm³/mol. The number of H-pyrrole nitrogens is 1. The van der Waals surface area contributed by atoms with Crippen LogP contribution >= 0.6 is 0 Å². The van der Waals surface area contributed by atoms with Crippen LogP contribution in [-0.2, 0) is 14.9 Å². The molecule has 1 amide bonds. The summed E-state index contributed by atoms with van der Waals surface area (Å²) in [7, 11) is 0. The molecule has 0 fully saturated rings. The van der Waals surface area contributed by atoms with Crippen LogP contribution < -0.4 is 5.32 Å². The molecule has 3 rings (SSSR count). The molecule has 3 aromatic rings. The van der Waals surface area contributed by atoms with Crippen molar-refractivity contribution in [3.05, 3.63) is 65.6 Å². The van der Waals surface area contributed by atoms with Gasteiger partial charge in [-0.2, -0.15) is 0 Å². The van der Waals surface area contributed by atoms with Gasteiger partial charge in [0, 0.05) is 17.1 Å². The number of benzene rings is 2. The maximum Gasteiger partial charge on any atom is 0.340 e. The average molecular weight is 368 g/mol. The molecule has 0 aliphatic carbocycles. The fourth-order valence-corrected chi connectivity index (χ4v) is 3.00. The Labute approximate surface area is 156 Å². The van der Waals surface area contributed by atoms with Crippen molar-refractivity contribution in [3.63, 3.8) is 0 Å². The fourth-order valence-electron chi connectivity index (χ4n) is 3.00. The van der Waals surface area contributed by atoms with Crippen LogP contribution in [0.25, 0.3) is 10.9 Å². The number of halogens is 1. The summed E-state index contributed by atoms with van der Waals surface area (Å²) >= 11 is 0. The summed E-state index contributed by atoms with van der Waals surface area (Å²) in [5.41, 5.74) is 1.13. The second kappa shape index (κ2) is 7.23. The van der Waals surface area contributed by atoms with E-state index in [9.17, 15) is 14.0 Å².